The number of piperidine rings is 1. The van der Waals surface area contributed by atoms with Gasteiger partial charge in [0, 0.05) is 44.6 Å². The molecule has 4 rings (SSSR count). The van der Waals surface area contributed by atoms with E-state index in [1.807, 2.05) is 36.4 Å². The number of nitrogens with zero attached hydrogens (tertiary/aromatic N) is 3. The van der Waals surface area contributed by atoms with Crippen molar-refractivity contribution in [2.24, 2.45) is 0 Å². The van der Waals surface area contributed by atoms with Crippen LogP contribution in [0.2, 0.25) is 0 Å². The van der Waals surface area contributed by atoms with Gasteiger partial charge in [0.15, 0.2) is 0 Å². The van der Waals surface area contributed by atoms with Crippen molar-refractivity contribution in [1.82, 2.24) is 4.31 Å². The minimum atomic E-state index is -3.60. The molecule has 0 bridgehead atoms. The Bertz CT molecular complexity index is 996. The standard InChI is InChI=1S/C23H29N3O3S/c1-24(19-10-4-2-5-11-19)23(27)21-18-20(12-13-22(21)25-14-8-9-15-25)30(28,29)26-16-6-3-7-17-26/h2,4-5,10-13,18H,3,6-9,14-17H2,1H3. The van der Waals surface area contributed by atoms with Gasteiger partial charge in [-0.3, -0.25) is 4.79 Å². The Balaban J connectivity index is 1.74. The Kier molecular flexibility index (Phi) is 6.11. The highest BCUT2D eigenvalue weighted by atomic mass is 32.2. The van der Waals surface area contributed by atoms with E-state index in [1.165, 1.54) is 0 Å². The van der Waals surface area contributed by atoms with Crippen LogP contribution < -0.4 is 9.80 Å². The number of benzene rings is 2. The first-order valence-corrected chi connectivity index (χ1v) is 12.1. The zero-order valence-electron chi connectivity index (χ0n) is 17.5. The normalized spacial score (nSPS) is 17.8. The van der Waals surface area contributed by atoms with Crippen LogP contribution in [0, 0.1) is 0 Å². The minimum absolute atomic E-state index is 0.196. The van der Waals surface area contributed by atoms with Gasteiger partial charge in [0.25, 0.3) is 5.91 Å². The van der Waals surface area contributed by atoms with E-state index in [-0.39, 0.29) is 10.8 Å². The molecule has 0 radical (unpaired) electrons. The Morgan fingerprint density at radius 3 is 2.17 bits per heavy atom. The number of anilines is 2. The van der Waals surface area contributed by atoms with Crippen LogP contribution in [0.3, 0.4) is 0 Å². The van der Waals surface area contributed by atoms with Gasteiger partial charge in [0.05, 0.1) is 10.5 Å². The Morgan fingerprint density at radius 1 is 0.867 bits per heavy atom. The largest absolute Gasteiger partial charge is 0.371 e. The lowest BCUT2D eigenvalue weighted by Crippen LogP contribution is -2.36. The zero-order valence-corrected chi connectivity index (χ0v) is 18.3. The molecule has 2 aliphatic heterocycles. The SMILES string of the molecule is CN(C(=O)c1cc(S(=O)(=O)N2CCCCC2)ccc1N1CCCC1)c1ccccc1. The first kappa shape index (κ1) is 20.9. The first-order chi connectivity index (χ1) is 14.5. The topological polar surface area (TPSA) is 60.9 Å². The molecule has 2 aromatic carbocycles. The summed E-state index contributed by atoms with van der Waals surface area (Å²) in [6.07, 6.45) is 4.98. The molecular weight excluding hydrogens is 398 g/mol. The molecule has 0 N–H and O–H groups in total. The molecule has 160 valence electrons. The van der Waals surface area contributed by atoms with Gasteiger partial charge in [-0.2, -0.15) is 4.31 Å². The molecule has 7 heteroatoms. The van der Waals surface area contributed by atoms with Gasteiger partial charge < -0.3 is 9.80 Å². The second kappa shape index (κ2) is 8.78. The second-order valence-corrected chi connectivity index (χ2v) is 9.98. The summed E-state index contributed by atoms with van der Waals surface area (Å²) in [4.78, 5) is 17.4. The highest BCUT2D eigenvalue weighted by Gasteiger charge is 2.29. The lowest BCUT2D eigenvalue weighted by molar-refractivity contribution is 0.0993. The monoisotopic (exact) mass is 427 g/mol. The maximum absolute atomic E-state index is 13.5. The molecular formula is C23H29N3O3S. The maximum atomic E-state index is 13.5. The molecule has 0 saturated carbocycles. The first-order valence-electron chi connectivity index (χ1n) is 10.7. The van der Waals surface area contributed by atoms with Crippen LogP contribution in [0.25, 0.3) is 0 Å². The summed E-state index contributed by atoms with van der Waals surface area (Å²) < 4.78 is 28.0. The van der Waals surface area contributed by atoms with Crippen LogP contribution in [0.1, 0.15) is 42.5 Å². The molecule has 2 saturated heterocycles. The van der Waals surface area contributed by atoms with Gasteiger partial charge >= 0.3 is 0 Å². The van der Waals surface area contributed by atoms with Gasteiger partial charge in [-0.25, -0.2) is 8.42 Å². The van der Waals surface area contributed by atoms with Crippen LogP contribution in [-0.4, -0.2) is 51.9 Å². The van der Waals surface area contributed by atoms with E-state index in [2.05, 4.69) is 4.90 Å². The number of amides is 1. The predicted molar refractivity (Wildman–Crippen MR) is 120 cm³/mol. The summed E-state index contributed by atoms with van der Waals surface area (Å²) in [6.45, 7) is 2.86. The van der Waals surface area contributed by atoms with Crippen molar-refractivity contribution in [3.05, 3.63) is 54.1 Å². The van der Waals surface area contributed by atoms with Crippen LogP contribution in [-0.2, 0) is 10.0 Å². The van der Waals surface area contributed by atoms with E-state index in [9.17, 15) is 13.2 Å². The third-order valence-corrected chi connectivity index (χ3v) is 7.94. The fraction of sp³-hybridized carbons (Fsp3) is 0.435. The third kappa shape index (κ3) is 4.09. The molecule has 0 aromatic heterocycles. The average molecular weight is 428 g/mol. The van der Waals surface area contributed by atoms with E-state index < -0.39 is 10.0 Å². The number of sulfonamides is 1. The molecule has 0 aliphatic carbocycles. The fourth-order valence-corrected chi connectivity index (χ4v) is 5.83. The lowest BCUT2D eigenvalue weighted by Gasteiger charge is -2.28. The van der Waals surface area contributed by atoms with Gasteiger partial charge in [-0.1, -0.05) is 24.6 Å². The van der Waals surface area contributed by atoms with Crippen molar-refractivity contribution in [1.29, 1.82) is 0 Å². The van der Waals surface area contributed by atoms with Gasteiger partial charge in [0.1, 0.15) is 0 Å². The zero-order chi connectivity index (χ0) is 21.1. The highest BCUT2D eigenvalue weighted by Crippen LogP contribution is 2.31. The average Bonchev–Trinajstić information content (AvgIpc) is 3.33. The predicted octanol–water partition coefficient (Wildman–Crippen LogP) is 3.74. The summed E-state index contributed by atoms with van der Waals surface area (Å²) in [6, 6.07) is 14.5. The van der Waals surface area contributed by atoms with Crippen molar-refractivity contribution in [2.75, 3.05) is 43.0 Å². The minimum Gasteiger partial charge on any atom is -0.371 e. The van der Waals surface area contributed by atoms with Crippen LogP contribution in [0.5, 0.6) is 0 Å². The van der Waals surface area contributed by atoms with Crippen molar-refractivity contribution in [3.63, 3.8) is 0 Å². The number of hydrogen-bond acceptors (Lipinski definition) is 4. The fourth-order valence-electron chi connectivity index (χ4n) is 4.28. The van der Waals surface area contributed by atoms with E-state index in [0.717, 1.165) is 56.6 Å². The van der Waals surface area contributed by atoms with Crippen molar-refractivity contribution < 1.29 is 13.2 Å². The molecule has 0 spiro atoms. The lowest BCUT2D eigenvalue weighted by atomic mass is 10.1. The van der Waals surface area contributed by atoms with E-state index in [0.29, 0.717) is 18.7 Å². The van der Waals surface area contributed by atoms with E-state index in [4.69, 9.17) is 0 Å². The van der Waals surface area contributed by atoms with Gasteiger partial charge in [-0.05, 0) is 56.0 Å². The second-order valence-electron chi connectivity index (χ2n) is 8.04. The highest BCUT2D eigenvalue weighted by molar-refractivity contribution is 7.89. The third-order valence-electron chi connectivity index (χ3n) is 6.05. The van der Waals surface area contributed by atoms with E-state index >= 15 is 0 Å². The molecule has 6 nitrogen and oxygen atoms in total. The van der Waals surface area contributed by atoms with Crippen molar-refractivity contribution in [3.8, 4) is 0 Å². The summed E-state index contributed by atoms with van der Waals surface area (Å²) >= 11 is 0. The summed E-state index contributed by atoms with van der Waals surface area (Å²) in [5.74, 6) is -0.196. The molecule has 2 heterocycles. The summed E-state index contributed by atoms with van der Waals surface area (Å²) in [7, 11) is -1.87. The number of rotatable bonds is 5. The number of carbonyl (C=O) groups is 1. The molecule has 0 atom stereocenters. The number of hydrogen-bond donors (Lipinski definition) is 0. The van der Waals surface area contributed by atoms with Crippen LogP contribution in [0.15, 0.2) is 53.4 Å². The van der Waals surface area contributed by atoms with Gasteiger partial charge in [-0.15, -0.1) is 0 Å². The molecule has 2 fully saturated rings. The van der Waals surface area contributed by atoms with Crippen molar-refractivity contribution >= 4 is 27.3 Å². The summed E-state index contributed by atoms with van der Waals surface area (Å²) in [5.41, 5.74) is 2.04. The number of para-hydroxylation sites is 1. The molecule has 1 amide bonds. The van der Waals surface area contributed by atoms with Crippen LogP contribution in [0.4, 0.5) is 11.4 Å². The van der Waals surface area contributed by atoms with Gasteiger partial charge in [0.2, 0.25) is 10.0 Å². The Labute approximate surface area is 179 Å². The Morgan fingerprint density at radius 2 is 1.50 bits per heavy atom. The molecule has 2 aliphatic rings. The summed E-state index contributed by atoms with van der Waals surface area (Å²) in [5, 5.41) is 0. The van der Waals surface area contributed by atoms with Crippen LogP contribution >= 0.6 is 0 Å². The maximum Gasteiger partial charge on any atom is 0.260 e. The number of carbonyl (C=O) groups excluding carboxylic acids is 1. The van der Waals surface area contributed by atoms with Crippen molar-refractivity contribution in [2.45, 2.75) is 37.0 Å². The molecule has 0 unspecified atom stereocenters. The molecule has 2 aromatic rings. The smallest absolute Gasteiger partial charge is 0.260 e. The molecule has 30 heavy (non-hydrogen) atoms. The quantitative estimate of drug-likeness (QED) is 0.729. The Hall–Kier alpha value is -2.38. The van der Waals surface area contributed by atoms with E-state index in [1.54, 1.807) is 28.4 Å².